The van der Waals surface area contributed by atoms with Crippen LogP contribution in [-0.2, 0) is 13.1 Å². The van der Waals surface area contributed by atoms with Crippen LogP contribution >= 0.6 is 27.3 Å². The first-order valence-electron chi connectivity index (χ1n) is 5.89. The summed E-state index contributed by atoms with van der Waals surface area (Å²) in [7, 11) is 2.09. The van der Waals surface area contributed by atoms with E-state index in [2.05, 4.69) is 45.4 Å². The van der Waals surface area contributed by atoms with Crippen molar-refractivity contribution in [3.8, 4) is 0 Å². The number of thiophene rings is 1. The number of nitrogens with zero attached hydrogens (tertiary/aromatic N) is 1. The van der Waals surface area contributed by atoms with Gasteiger partial charge in [-0.1, -0.05) is 18.2 Å². The summed E-state index contributed by atoms with van der Waals surface area (Å²) in [6, 6.07) is 9.99. The van der Waals surface area contributed by atoms with E-state index in [1.54, 1.807) is 11.3 Å². The first-order chi connectivity index (χ1) is 9.04. The molecule has 0 saturated heterocycles. The van der Waals surface area contributed by atoms with Crippen molar-refractivity contribution in [1.82, 2.24) is 4.90 Å². The maximum Gasteiger partial charge on any atom is 0.122 e. The van der Waals surface area contributed by atoms with E-state index in [0.29, 0.717) is 0 Å². The van der Waals surface area contributed by atoms with Gasteiger partial charge in [0.25, 0.3) is 0 Å². The number of amidine groups is 1. The Morgan fingerprint density at radius 1 is 1.32 bits per heavy atom. The van der Waals surface area contributed by atoms with Crippen LogP contribution in [0, 0.1) is 5.41 Å². The average Bonchev–Trinajstić information content (AvgIpc) is 2.74. The van der Waals surface area contributed by atoms with E-state index in [1.807, 2.05) is 18.2 Å². The predicted molar refractivity (Wildman–Crippen MR) is 84.6 cm³/mol. The Labute approximate surface area is 125 Å². The fraction of sp³-hybridized carbons (Fsp3) is 0.214. The standard InChI is InChI=1S/C14H16BrN3S/c1-18(8-11-6-13(15)19-9-11)7-10-3-2-4-12(5-10)14(16)17/h2-6,9H,7-8H2,1H3,(H3,16,17). The molecular formula is C14H16BrN3S. The van der Waals surface area contributed by atoms with Crippen LogP contribution in [0.5, 0.6) is 0 Å². The highest BCUT2D eigenvalue weighted by molar-refractivity contribution is 9.11. The van der Waals surface area contributed by atoms with Gasteiger partial charge in [0.15, 0.2) is 0 Å². The van der Waals surface area contributed by atoms with Gasteiger partial charge in [-0.05, 0) is 51.6 Å². The second kappa shape index (κ2) is 6.32. The molecule has 5 heteroatoms. The summed E-state index contributed by atoms with van der Waals surface area (Å²) in [6.45, 7) is 1.75. The Balaban J connectivity index is 2.00. The van der Waals surface area contributed by atoms with Crippen molar-refractivity contribution in [3.63, 3.8) is 0 Å². The zero-order chi connectivity index (χ0) is 13.8. The minimum atomic E-state index is 0.117. The SMILES string of the molecule is CN(Cc1cccc(C(=N)N)c1)Cc1csc(Br)c1. The van der Waals surface area contributed by atoms with E-state index in [-0.39, 0.29) is 5.84 Å². The molecule has 0 atom stereocenters. The highest BCUT2D eigenvalue weighted by Gasteiger charge is 2.05. The molecule has 0 bridgehead atoms. The maximum atomic E-state index is 7.46. The van der Waals surface area contributed by atoms with E-state index >= 15 is 0 Å². The minimum Gasteiger partial charge on any atom is -0.384 e. The summed E-state index contributed by atoms with van der Waals surface area (Å²) in [5.74, 6) is 0.117. The fourth-order valence-electron chi connectivity index (χ4n) is 1.95. The summed E-state index contributed by atoms with van der Waals surface area (Å²) in [5.41, 5.74) is 8.77. The second-order valence-corrected chi connectivity index (χ2v) is 6.84. The Morgan fingerprint density at radius 2 is 2.05 bits per heavy atom. The highest BCUT2D eigenvalue weighted by atomic mass is 79.9. The van der Waals surface area contributed by atoms with Crippen molar-refractivity contribution in [3.05, 3.63) is 56.2 Å². The van der Waals surface area contributed by atoms with Gasteiger partial charge in [0.1, 0.15) is 5.84 Å². The van der Waals surface area contributed by atoms with Gasteiger partial charge in [-0.3, -0.25) is 10.3 Å². The van der Waals surface area contributed by atoms with Gasteiger partial charge in [0.05, 0.1) is 3.79 Å². The number of rotatable bonds is 5. The van der Waals surface area contributed by atoms with Gasteiger partial charge in [0.2, 0.25) is 0 Å². The predicted octanol–water partition coefficient (Wildman–Crippen LogP) is 3.43. The van der Waals surface area contributed by atoms with Gasteiger partial charge < -0.3 is 5.73 Å². The zero-order valence-corrected chi connectivity index (χ0v) is 13.1. The number of hydrogen-bond acceptors (Lipinski definition) is 3. The van der Waals surface area contributed by atoms with Gasteiger partial charge in [-0.15, -0.1) is 11.3 Å². The molecule has 1 aromatic carbocycles. The number of hydrogen-bond donors (Lipinski definition) is 2. The topological polar surface area (TPSA) is 53.1 Å². The molecule has 0 spiro atoms. The van der Waals surface area contributed by atoms with Gasteiger partial charge in [-0.2, -0.15) is 0 Å². The molecule has 100 valence electrons. The Hall–Kier alpha value is -1.17. The summed E-state index contributed by atoms with van der Waals surface area (Å²) < 4.78 is 1.16. The molecule has 3 nitrogen and oxygen atoms in total. The molecule has 3 N–H and O–H groups in total. The lowest BCUT2D eigenvalue weighted by Crippen LogP contribution is -2.17. The van der Waals surface area contributed by atoms with Crippen LogP contribution in [0.2, 0.25) is 0 Å². The normalized spacial score (nSPS) is 10.9. The fourth-order valence-corrected chi connectivity index (χ4v) is 3.15. The molecule has 19 heavy (non-hydrogen) atoms. The molecule has 0 aliphatic rings. The summed E-state index contributed by atoms with van der Waals surface area (Å²) in [6.07, 6.45) is 0. The average molecular weight is 338 g/mol. The molecule has 1 aromatic heterocycles. The minimum absolute atomic E-state index is 0.117. The monoisotopic (exact) mass is 337 g/mol. The van der Waals surface area contributed by atoms with E-state index in [1.165, 1.54) is 11.1 Å². The van der Waals surface area contributed by atoms with Crippen molar-refractivity contribution in [2.45, 2.75) is 13.1 Å². The highest BCUT2D eigenvalue weighted by Crippen LogP contribution is 2.21. The third kappa shape index (κ3) is 4.16. The van der Waals surface area contributed by atoms with E-state index in [4.69, 9.17) is 11.1 Å². The summed E-state index contributed by atoms with van der Waals surface area (Å²) in [5, 5.41) is 9.62. The third-order valence-electron chi connectivity index (χ3n) is 2.76. The Kier molecular flexibility index (Phi) is 4.74. The molecule has 0 saturated carbocycles. The van der Waals surface area contributed by atoms with E-state index in [9.17, 15) is 0 Å². The number of nitrogens with two attached hydrogens (primary N) is 1. The molecular weight excluding hydrogens is 322 g/mol. The lowest BCUT2D eigenvalue weighted by molar-refractivity contribution is 0.319. The lowest BCUT2D eigenvalue weighted by atomic mass is 10.1. The zero-order valence-electron chi connectivity index (χ0n) is 10.7. The lowest BCUT2D eigenvalue weighted by Gasteiger charge is -2.16. The third-order valence-corrected chi connectivity index (χ3v) is 4.32. The van der Waals surface area contributed by atoms with Crippen molar-refractivity contribution in [1.29, 1.82) is 5.41 Å². The quantitative estimate of drug-likeness (QED) is 0.648. The van der Waals surface area contributed by atoms with Crippen LogP contribution < -0.4 is 5.73 Å². The van der Waals surface area contributed by atoms with Crippen molar-refractivity contribution in [2.24, 2.45) is 5.73 Å². The number of halogens is 1. The molecule has 0 radical (unpaired) electrons. The van der Waals surface area contributed by atoms with Crippen LogP contribution in [0.25, 0.3) is 0 Å². The van der Waals surface area contributed by atoms with Gasteiger partial charge in [0, 0.05) is 18.7 Å². The molecule has 0 amide bonds. The Bertz CT molecular complexity index is 580. The van der Waals surface area contributed by atoms with Crippen molar-refractivity contribution in [2.75, 3.05) is 7.05 Å². The van der Waals surface area contributed by atoms with Gasteiger partial charge in [-0.25, -0.2) is 0 Å². The number of nitrogens with one attached hydrogen (secondary N) is 1. The van der Waals surface area contributed by atoms with Crippen LogP contribution in [0.3, 0.4) is 0 Å². The molecule has 0 unspecified atom stereocenters. The maximum absolute atomic E-state index is 7.46. The second-order valence-electron chi connectivity index (χ2n) is 4.55. The molecule has 0 aliphatic heterocycles. The smallest absolute Gasteiger partial charge is 0.122 e. The van der Waals surface area contributed by atoms with E-state index < -0.39 is 0 Å². The van der Waals surface area contributed by atoms with Crippen LogP contribution in [0.4, 0.5) is 0 Å². The Morgan fingerprint density at radius 3 is 2.68 bits per heavy atom. The van der Waals surface area contributed by atoms with Crippen LogP contribution in [0.15, 0.2) is 39.5 Å². The van der Waals surface area contributed by atoms with Crippen LogP contribution in [0.1, 0.15) is 16.7 Å². The number of nitrogen functional groups attached to an aromatic ring is 1. The molecule has 2 aromatic rings. The molecule has 0 aliphatic carbocycles. The van der Waals surface area contributed by atoms with Gasteiger partial charge >= 0.3 is 0 Å². The number of benzene rings is 1. The first-order valence-corrected chi connectivity index (χ1v) is 7.56. The molecule has 1 heterocycles. The van der Waals surface area contributed by atoms with Crippen LogP contribution in [-0.4, -0.2) is 17.8 Å². The van der Waals surface area contributed by atoms with E-state index in [0.717, 1.165) is 22.4 Å². The van der Waals surface area contributed by atoms with Crippen molar-refractivity contribution < 1.29 is 0 Å². The summed E-state index contributed by atoms with van der Waals surface area (Å²) in [4.78, 5) is 2.24. The first kappa shape index (κ1) is 14.2. The largest absolute Gasteiger partial charge is 0.384 e. The van der Waals surface area contributed by atoms with Crippen molar-refractivity contribution >= 4 is 33.1 Å². The molecule has 2 rings (SSSR count). The summed E-state index contributed by atoms with van der Waals surface area (Å²) >= 11 is 5.18. The molecule has 0 fully saturated rings.